The maximum Gasteiger partial charge on any atom is 0.356 e. The summed E-state index contributed by atoms with van der Waals surface area (Å²) >= 11 is 0. The lowest BCUT2D eigenvalue weighted by Gasteiger charge is -2.07. The van der Waals surface area contributed by atoms with Crippen LogP contribution in [0.5, 0.6) is 0 Å². The number of hydrogen-bond donors (Lipinski definition) is 3. The molecule has 0 fully saturated rings. The van der Waals surface area contributed by atoms with Gasteiger partial charge in [0.15, 0.2) is 11.5 Å². The van der Waals surface area contributed by atoms with Gasteiger partial charge in [-0.2, -0.15) is 0 Å². The number of carboxylic acid groups (broad SMARTS) is 1. The van der Waals surface area contributed by atoms with Crippen molar-refractivity contribution in [1.82, 2.24) is 30.0 Å². The molecule has 0 radical (unpaired) electrons. The fourth-order valence-electron chi connectivity index (χ4n) is 2.11. The summed E-state index contributed by atoms with van der Waals surface area (Å²) in [4.78, 5) is 15.0. The number of nitrogens with zero attached hydrogens (tertiary/aromatic N) is 5. The molecular formula is C12H12N6O3. The third-order valence-corrected chi connectivity index (χ3v) is 3.15. The molecule has 3 rings (SSSR count). The van der Waals surface area contributed by atoms with Crippen LogP contribution in [0.15, 0.2) is 24.5 Å². The highest BCUT2D eigenvalue weighted by Crippen LogP contribution is 2.18. The van der Waals surface area contributed by atoms with E-state index in [1.807, 2.05) is 6.07 Å². The van der Waals surface area contributed by atoms with Crippen molar-refractivity contribution in [2.75, 3.05) is 0 Å². The molecule has 0 aliphatic carbocycles. The number of carbonyl (C=O) groups is 1. The Morgan fingerprint density at radius 3 is 3.05 bits per heavy atom. The molecule has 0 saturated carbocycles. The van der Waals surface area contributed by atoms with Gasteiger partial charge in [0.05, 0.1) is 0 Å². The molecule has 9 heteroatoms. The van der Waals surface area contributed by atoms with Gasteiger partial charge in [0, 0.05) is 12.4 Å². The number of tetrazole rings is 1. The molecule has 3 aromatic rings. The van der Waals surface area contributed by atoms with Crippen molar-refractivity contribution in [3.63, 3.8) is 0 Å². The maximum absolute atomic E-state index is 11.0. The zero-order valence-electron chi connectivity index (χ0n) is 10.8. The average molecular weight is 288 g/mol. The predicted octanol–water partition coefficient (Wildman–Crippen LogP) is 0.212. The van der Waals surface area contributed by atoms with E-state index in [0.717, 1.165) is 5.56 Å². The summed E-state index contributed by atoms with van der Waals surface area (Å²) < 4.78 is 1.65. The second-order valence-electron chi connectivity index (χ2n) is 4.54. The Balaban J connectivity index is 1.82. The second-order valence-corrected chi connectivity index (χ2v) is 4.54. The van der Waals surface area contributed by atoms with Gasteiger partial charge < -0.3 is 14.6 Å². The number of H-pyrrole nitrogens is 1. The third kappa shape index (κ3) is 2.58. The van der Waals surface area contributed by atoms with Crippen molar-refractivity contribution >= 4 is 11.6 Å². The summed E-state index contributed by atoms with van der Waals surface area (Å²) in [5, 5.41) is 31.9. The largest absolute Gasteiger partial charge is 0.476 e. The van der Waals surface area contributed by atoms with Crippen molar-refractivity contribution in [2.24, 2.45) is 0 Å². The van der Waals surface area contributed by atoms with Crippen LogP contribution in [0, 0.1) is 0 Å². The van der Waals surface area contributed by atoms with Gasteiger partial charge in [0.25, 0.3) is 0 Å². The number of aryl methyl sites for hydroxylation is 1. The summed E-state index contributed by atoms with van der Waals surface area (Å²) in [5.41, 5.74) is 1.40. The van der Waals surface area contributed by atoms with Crippen LogP contribution in [0.4, 0.5) is 0 Å². The Labute approximate surface area is 118 Å². The van der Waals surface area contributed by atoms with E-state index < -0.39 is 12.1 Å². The van der Waals surface area contributed by atoms with Crippen molar-refractivity contribution in [3.05, 3.63) is 41.6 Å². The average Bonchev–Trinajstić information content (AvgIpc) is 3.13. The lowest BCUT2D eigenvalue weighted by molar-refractivity contribution is 0.0691. The Morgan fingerprint density at radius 1 is 1.48 bits per heavy atom. The number of aliphatic hydroxyl groups excluding tert-OH is 1. The SMILES string of the molecule is O=C(O)c1cn2cccc(CCC(O)c3nnn[nH]3)c2n1. The molecule has 0 spiro atoms. The minimum atomic E-state index is -1.07. The first-order valence-electron chi connectivity index (χ1n) is 6.26. The van der Waals surface area contributed by atoms with Gasteiger partial charge in [-0.15, -0.1) is 5.10 Å². The smallest absolute Gasteiger partial charge is 0.356 e. The summed E-state index contributed by atoms with van der Waals surface area (Å²) in [5.74, 6) is -0.770. The van der Waals surface area contributed by atoms with Crippen LogP contribution in [0.1, 0.15) is 34.4 Å². The standard InChI is InChI=1S/C12H12N6O3/c19-9(10-14-16-17-15-10)4-3-7-2-1-5-18-6-8(12(20)21)13-11(7)18/h1-2,5-6,9,19H,3-4H2,(H,20,21)(H,14,15,16,17). The molecule has 3 N–H and O–H groups in total. The second kappa shape index (κ2) is 5.29. The van der Waals surface area contributed by atoms with Crippen LogP contribution in [-0.2, 0) is 6.42 Å². The molecule has 0 aliphatic rings. The Bertz CT molecular complexity index is 766. The van der Waals surface area contributed by atoms with E-state index in [1.54, 1.807) is 16.7 Å². The van der Waals surface area contributed by atoms with E-state index in [9.17, 15) is 9.90 Å². The summed E-state index contributed by atoms with van der Waals surface area (Å²) in [6.07, 6.45) is 3.29. The van der Waals surface area contributed by atoms with Crippen LogP contribution < -0.4 is 0 Å². The van der Waals surface area contributed by atoms with E-state index in [0.29, 0.717) is 24.3 Å². The van der Waals surface area contributed by atoms with Crippen LogP contribution in [0.2, 0.25) is 0 Å². The number of pyridine rings is 1. The van der Waals surface area contributed by atoms with Crippen molar-refractivity contribution < 1.29 is 15.0 Å². The Morgan fingerprint density at radius 2 is 2.33 bits per heavy atom. The molecule has 0 bridgehead atoms. The van der Waals surface area contributed by atoms with E-state index in [2.05, 4.69) is 25.6 Å². The number of aromatic amines is 1. The normalized spacial score (nSPS) is 12.6. The number of nitrogens with one attached hydrogen (secondary N) is 1. The van der Waals surface area contributed by atoms with Crippen LogP contribution >= 0.6 is 0 Å². The minimum Gasteiger partial charge on any atom is -0.476 e. The predicted molar refractivity (Wildman–Crippen MR) is 69.6 cm³/mol. The molecule has 0 aliphatic heterocycles. The quantitative estimate of drug-likeness (QED) is 0.612. The van der Waals surface area contributed by atoms with Gasteiger partial charge in [-0.05, 0) is 34.9 Å². The first-order valence-corrected chi connectivity index (χ1v) is 6.26. The third-order valence-electron chi connectivity index (χ3n) is 3.15. The number of rotatable bonds is 5. The van der Waals surface area contributed by atoms with E-state index in [-0.39, 0.29) is 5.69 Å². The van der Waals surface area contributed by atoms with Crippen LogP contribution in [-0.4, -0.2) is 46.2 Å². The highest BCUT2D eigenvalue weighted by Gasteiger charge is 2.15. The summed E-state index contributed by atoms with van der Waals surface area (Å²) in [7, 11) is 0. The number of fused-ring (bicyclic) bond motifs is 1. The van der Waals surface area contributed by atoms with E-state index >= 15 is 0 Å². The molecule has 21 heavy (non-hydrogen) atoms. The van der Waals surface area contributed by atoms with E-state index in [4.69, 9.17) is 5.11 Å². The number of hydrogen-bond acceptors (Lipinski definition) is 6. The van der Waals surface area contributed by atoms with E-state index in [1.165, 1.54) is 6.20 Å². The van der Waals surface area contributed by atoms with Gasteiger partial charge in [0.1, 0.15) is 11.8 Å². The topological polar surface area (TPSA) is 129 Å². The minimum absolute atomic E-state index is 0.0116. The van der Waals surface area contributed by atoms with Gasteiger partial charge in [-0.3, -0.25) is 0 Å². The number of imidazole rings is 1. The fourth-order valence-corrected chi connectivity index (χ4v) is 2.11. The van der Waals surface area contributed by atoms with Crippen molar-refractivity contribution in [3.8, 4) is 0 Å². The Kier molecular flexibility index (Phi) is 3.32. The number of aromatic nitrogens is 6. The molecular weight excluding hydrogens is 276 g/mol. The lowest BCUT2D eigenvalue weighted by atomic mass is 10.1. The van der Waals surface area contributed by atoms with Gasteiger partial charge in [0.2, 0.25) is 0 Å². The molecule has 0 saturated heterocycles. The number of aliphatic hydroxyl groups is 1. The fraction of sp³-hybridized carbons (Fsp3) is 0.250. The molecule has 108 valence electrons. The first-order chi connectivity index (χ1) is 10.1. The lowest BCUT2D eigenvalue weighted by Crippen LogP contribution is -2.03. The molecule has 9 nitrogen and oxygen atoms in total. The number of aromatic carboxylic acids is 1. The van der Waals surface area contributed by atoms with Crippen molar-refractivity contribution in [2.45, 2.75) is 18.9 Å². The highest BCUT2D eigenvalue weighted by atomic mass is 16.4. The van der Waals surface area contributed by atoms with Crippen molar-refractivity contribution in [1.29, 1.82) is 0 Å². The Hall–Kier alpha value is -2.81. The summed E-state index contributed by atoms with van der Waals surface area (Å²) in [6.45, 7) is 0. The van der Waals surface area contributed by atoms with Gasteiger partial charge in [-0.25, -0.2) is 14.9 Å². The zero-order chi connectivity index (χ0) is 14.8. The number of carboxylic acids is 1. The first kappa shape index (κ1) is 13.2. The molecule has 1 atom stereocenters. The van der Waals surface area contributed by atoms with Gasteiger partial charge in [-0.1, -0.05) is 6.07 Å². The van der Waals surface area contributed by atoms with Gasteiger partial charge >= 0.3 is 5.97 Å². The molecule has 0 amide bonds. The zero-order valence-corrected chi connectivity index (χ0v) is 10.8. The monoisotopic (exact) mass is 288 g/mol. The maximum atomic E-state index is 11.0. The highest BCUT2D eigenvalue weighted by molar-refractivity contribution is 5.86. The van der Waals surface area contributed by atoms with Crippen LogP contribution in [0.25, 0.3) is 5.65 Å². The molecule has 1 unspecified atom stereocenters. The molecule has 3 heterocycles. The molecule has 0 aromatic carbocycles. The van der Waals surface area contributed by atoms with Crippen LogP contribution in [0.3, 0.4) is 0 Å². The summed E-state index contributed by atoms with van der Waals surface area (Å²) in [6, 6.07) is 3.65. The molecule has 3 aromatic heterocycles.